The van der Waals surface area contributed by atoms with Gasteiger partial charge < -0.3 is 4.74 Å². The lowest BCUT2D eigenvalue weighted by Gasteiger charge is -2.24. The standard InChI is InChI=1S/C16H17ClN2O3S/c1-22-13-6-4-12(5-7-13)15-3-2-10-19(15)23(20,21)14-8-9-16(17)18-11-14/h4-9,11,15H,2-3,10H2,1H3. The van der Waals surface area contributed by atoms with Crippen molar-refractivity contribution in [2.45, 2.75) is 23.8 Å². The molecule has 7 heteroatoms. The monoisotopic (exact) mass is 352 g/mol. The lowest BCUT2D eigenvalue weighted by Crippen LogP contribution is -2.30. The average molecular weight is 353 g/mol. The average Bonchev–Trinajstić information content (AvgIpc) is 3.06. The van der Waals surface area contributed by atoms with Gasteiger partial charge in [0.05, 0.1) is 13.2 Å². The highest BCUT2D eigenvalue weighted by atomic mass is 35.5. The van der Waals surface area contributed by atoms with Gasteiger partial charge in [-0.25, -0.2) is 13.4 Å². The van der Waals surface area contributed by atoms with Crippen LogP contribution in [0.2, 0.25) is 5.15 Å². The molecule has 0 spiro atoms. The molecule has 3 rings (SSSR count). The molecule has 0 radical (unpaired) electrons. The SMILES string of the molecule is COc1ccc(C2CCCN2S(=O)(=O)c2ccc(Cl)nc2)cc1. The van der Waals surface area contributed by atoms with E-state index in [1.165, 1.54) is 18.3 Å². The number of pyridine rings is 1. The Labute approximate surface area is 140 Å². The molecule has 1 aromatic heterocycles. The smallest absolute Gasteiger partial charge is 0.245 e. The van der Waals surface area contributed by atoms with E-state index in [1.807, 2.05) is 24.3 Å². The Morgan fingerprint density at radius 3 is 2.57 bits per heavy atom. The number of benzene rings is 1. The number of rotatable bonds is 4. The Bertz CT molecular complexity index is 776. The summed E-state index contributed by atoms with van der Waals surface area (Å²) >= 11 is 5.74. The molecule has 1 aliphatic heterocycles. The molecule has 1 unspecified atom stereocenters. The summed E-state index contributed by atoms with van der Waals surface area (Å²) in [5.74, 6) is 0.753. The van der Waals surface area contributed by atoms with Gasteiger partial charge in [0.15, 0.2) is 0 Å². The molecule has 0 bridgehead atoms. The Morgan fingerprint density at radius 2 is 1.96 bits per heavy atom. The largest absolute Gasteiger partial charge is 0.497 e. The topological polar surface area (TPSA) is 59.5 Å². The van der Waals surface area contributed by atoms with Gasteiger partial charge in [-0.15, -0.1) is 0 Å². The van der Waals surface area contributed by atoms with Gasteiger partial charge in [0.25, 0.3) is 0 Å². The Balaban J connectivity index is 1.92. The van der Waals surface area contributed by atoms with Crippen LogP contribution in [-0.4, -0.2) is 31.4 Å². The zero-order valence-electron chi connectivity index (χ0n) is 12.6. The minimum atomic E-state index is -3.59. The van der Waals surface area contributed by atoms with E-state index in [0.717, 1.165) is 24.2 Å². The molecule has 2 aromatic rings. The minimum absolute atomic E-state index is 0.165. The molecule has 5 nitrogen and oxygen atoms in total. The maximum absolute atomic E-state index is 12.9. The number of aromatic nitrogens is 1. The third-order valence-electron chi connectivity index (χ3n) is 4.01. The van der Waals surface area contributed by atoms with Gasteiger partial charge in [0, 0.05) is 12.7 Å². The Morgan fingerprint density at radius 1 is 1.22 bits per heavy atom. The molecule has 0 N–H and O–H groups in total. The van der Waals surface area contributed by atoms with Crippen molar-refractivity contribution in [3.8, 4) is 5.75 Å². The zero-order valence-corrected chi connectivity index (χ0v) is 14.2. The molecule has 0 aliphatic carbocycles. The first-order chi connectivity index (χ1) is 11.0. The third kappa shape index (κ3) is 3.20. The van der Waals surface area contributed by atoms with E-state index in [0.29, 0.717) is 6.54 Å². The van der Waals surface area contributed by atoms with Crippen molar-refractivity contribution in [1.82, 2.24) is 9.29 Å². The van der Waals surface area contributed by atoms with Gasteiger partial charge >= 0.3 is 0 Å². The number of hydrogen-bond acceptors (Lipinski definition) is 4. The summed E-state index contributed by atoms with van der Waals surface area (Å²) in [6, 6.07) is 10.3. The van der Waals surface area contributed by atoms with Crippen LogP contribution in [0.15, 0.2) is 47.5 Å². The first-order valence-corrected chi connectivity index (χ1v) is 9.11. The molecule has 23 heavy (non-hydrogen) atoms. The van der Waals surface area contributed by atoms with Gasteiger partial charge in [0.2, 0.25) is 10.0 Å². The minimum Gasteiger partial charge on any atom is -0.497 e. The summed E-state index contributed by atoms with van der Waals surface area (Å²) in [5, 5.41) is 0.275. The van der Waals surface area contributed by atoms with Crippen LogP contribution in [0.1, 0.15) is 24.4 Å². The molecule has 0 saturated carbocycles. The molecule has 1 aromatic carbocycles. The van der Waals surface area contributed by atoms with Crippen molar-refractivity contribution in [3.05, 3.63) is 53.3 Å². The Hall–Kier alpha value is -1.63. The van der Waals surface area contributed by atoms with Crippen molar-refractivity contribution in [1.29, 1.82) is 0 Å². The second kappa shape index (κ2) is 6.47. The number of ether oxygens (including phenoxy) is 1. The van der Waals surface area contributed by atoms with E-state index in [1.54, 1.807) is 11.4 Å². The lowest BCUT2D eigenvalue weighted by atomic mass is 10.1. The predicted octanol–water partition coefficient (Wildman–Crippen LogP) is 3.27. The number of methoxy groups -OCH3 is 1. The number of nitrogens with zero attached hydrogens (tertiary/aromatic N) is 2. The van der Waals surface area contributed by atoms with Gasteiger partial charge in [-0.05, 0) is 42.7 Å². The van der Waals surface area contributed by atoms with Gasteiger partial charge in [0.1, 0.15) is 15.8 Å². The van der Waals surface area contributed by atoms with E-state index in [9.17, 15) is 8.42 Å². The van der Waals surface area contributed by atoms with Gasteiger partial charge in [-0.3, -0.25) is 0 Å². The fraction of sp³-hybridized carbons (Fsp3) is 0.312. The second-order valence-electron chi connectivity index (χ2n) is 5.36. The summed E-state index contributed by atoms with van der Waals surface area (Å²) in [6.07, 6.45) is 2.94. The summed E-state index contributed by atoms with van der Waals surface area (Å²) in [7, 11) is -1.98. The van der Waals surface area contributed by atoms with Crippen LogP contribution >= 0.6 is 11.6 Å². The molecule has 1 fully saturated rings. The number of sulfonamides is 1. The van der Waals surface area contributed by atoms with Crippen molar-refractivity contribution >= 4 is 21.6 Å². The quantitative estimate of drug-likeness (QED) is 0.792. The molecule has 122 valence electrons. The van der Waals surface area contributed by atoms with Crippen LogP contribution in [-0.2, 0) is 10.0 Å². The molecular formula is C16H17ClN2O3S. The summed E-state index contributed by atoms with van der Waals surface area (Å²) in [4.78, 5) is 4.05. The normalized spacial score (nSPS) is 19.0. The third-order valence-corrected chi connectivity index (χ3v) is 6.13. The first-order valence-electron chi connectivity index (χ1n) is 7.30. The fourth-order valence-corrected chi connectivity index (χ4v) is 4.58. The van der Waals surface area contributed by atoms with Crippen molar-refractivity contribution < 1.29 is 13.2 Å². The van der Waals surface area contributed by atoms with Crippen LogP contribution in [0, 0.1) is 0 Å². The fourth-order valence-electron chi connectivity index (χ4n) is 2.84. The highest BCUT2D eigenvalue weighted by Gasteiger charge is 2.36. The van der Waals surface area contributed by atoms with Crippen LogP contribution in [0.5, 0.6) is 5.75 Å². The van der Waals surface area contributed by atoms with Crippen molar-refractivity contribution in [2.24, 2.45) is 0 Å². The summed E-state index contributed by atoms with van der Waals surface area (Å²) < 4.78 is 32.4. The van der Waals surface area contributed by atoms with Crippen LogP contribution in [0.3, 0.4) is 0 Å². The van der Waals surface area contributed by atoms with Gasteiger partial charge in [-0.2, -0.15) is 4.31 Å². The summed E-state index contributed by atoms with van der Waals surface area (Å²) in [5.41, 5.74) is 0.966. The van der Waals surface area contributed by atoms with Crippen LogP contribution in [0.25, 0.3) is 0 Å². The van der Waals surface area contributed by atoms with Crippen molar-refractivity contribution in [3.63, 3.8) is 0 Å². The lowest BCUT2D eigenvalue weighted by molar-refractivity contribution is 0.394. The molecule has 1 atom stereocenters. The summed E-state index contributed by atoms with van der Waals surface area (Å²) in [6.45, 7) is 0.502. The second-order valence-corrected chi connectivity index (χ2v) is 7.64. The van der Waals surface area contributed by atoms with E-state index < -0.39 is 10.0 Å². The van der Waals surface area contributed by atoms with E-state index >= 15 is 0 Å². The Kier molecular flexibility index (Phi) is 4.57. The van der Waals surface area contributed by atoms with Gasteiger partial charge in [-0.1, -0.05) is 23.7 Å². The predicted molar refractivity (Wildman–Crippen MR) is 88.1 cm³/mol. The maximum Gasteiger partial charge on any atom is 0.245 e. The van der Waals surface area contributed by atoms with E-state index in [2.05, 4.69) is 4.98 Å². The van der Waals surface area contributed by atoms with Crippen molar-refractivity contribution in [2.75, 3.05) is 13.7 Å². The van der Waals surface area contributed by atoms with E-state index in [4.69, 9.17) is 16.3 Å². The first kappa shape index (κ1) is 16.2. The number of halogens is 1. The highest BCUT2D eigenvalue weighted by Crippen LogP contribution is 2.36. The molecule has 1 aliphatic rings. The van der Waals surface area contributed by atoms with Crippen LogP contribution in [0.4, 0.5) is 0 Å². The molecule has 2 heterocycles. The molecule has 0 amide bonds. The highest BCUT2D eigenvalue weighted by molar-refractivity contribution is 7.89. The zero-order chi connectivity index (χ0) is 16.4. The molecule has 1 saturated heterocycles. The van der Waals surface area contributed by atoms with E-state index in [-0.39, 0.29) is 16.1 Å². The van der Waals surface area contributed by atoms with Crippen LogP contribution < -0.4 is 4.74 Å². The molecular weight excluding hydrogens is 336 g/mol. The maximum atomic E-state index is 12.9. The number of hydrogen-bond donors (Lipinski definition) is 0.